The number of fused-ring (bicyclic) bond motifs is 1. The molecule has 0 spiro atoms. The van der Waals surface area contributed by atoms with Gasteiger partial charge in [0.05, 0.1) is 6.61 Å². The fourth-order valence-corrected chi connectivity index (χ4v) is 4.45. The van der Waals surface area contributed by atoms with Gasteiger partial charge < -0.3 is 25.4 Å². The summed E-state index contributed by atoms with van der Waals surface area (Å²) in [6.07, 6.45) is 6.29. The van der Waals surface area contributed by atoms with Gasteiger partial charge in [-0.3, -0.25) is 9.59 Å². The van der Waals surface area contributed by atoms with Crippen LogP contribution in [0.1, 0.15) is 50.8 Å². The van der Waals surface area contributed by atoms with Gasteiger partial charge in [-0.25, -0.2) is 4.79 Å². The van der Waals surface area contributed by atoms with Crippen molar-refractivity contribution in [2.75, 3.05) is 11.9 Å². The third-order valence-electron chi connectivity index (χ3n) is 6.32. The van der Waals surface area contributed by atoms with Gasteiger partial charge in [-0.1, -0.05) is 54.5 Å². The van der Waals surface area contributed by atoms with Crippen LogP contribution in [0.15, 0.2) is 66.7 Å². The van der Waals surface area contributed by atoms with E-state index in [0.717, 1.165) is 10.8 Å². The lowest BCUT2D eigenvalue weighted by Crippen LogP contribution is -2.54. The molecule has 2 unspecified atom stereocenters. The van der Waals surface area contributed by atoms with Crippen LogP contribution in [0.3, 0.4) is 0 Å². The number of amides is 3. The van der Waals surface area contributed by atoms with E-state index in [-0.39, 0.29) is 6.04 Å². The molecule has 3 N–H and O–H groups in total. The first-order valence-corrected chi connectivity index (χ1v) is 12.9. The van der Waals surface area contributed by atoms with Crippen molar-refractivity contribution in [2.24, 2.45) is 0 Å². The number of alkyl carbamates (subject to hydrolysis) is 1. The molecule has 1 aliphatic carbocycles. The van der Waals surface area contributed by atoms with Crippen molar-refractivity contribution < 1.29 is 24.2 Å². The molecule has 39 heavy (non-hydrogen) atoms. The second-order valence-corrected chi connectivity index (χ2v) is 10.5. The van der Waals surface area contributed by atoms with Crippen molar-refractivity contribution in [3.05, 3.63) is 77.9 Å². The fourth-order valence-electron chi connectivity index (χ4n) is 4.45. The molecule has 3 aromatic rings. The zero-order valence-electron chi connectivity index (χ0n) is 22.3. The third-order valence-corrected chi connectivity index (χ3v) is 6.32. The number of benzene rings is 3. The summed E-state index contributed by atoms with van der Waals surface area (Å²) in [4.78, 5) is 41.7. The molecule has 2 atom stereocenters. The van der Waals surface area contributed by atoms with E-state index in [9.17, 15) is 19.5 Å². The minimum Gasteiger partial charge on any atom is -0.444 e. The Morgan fingerprint density at radius 1 is 1.05 bits per heavy atom. The number of nitrogens with zero attached hydrogens (tertiary/aromatic N) is 1. The first-order chi connectivity index (χ1) is 18.6. The van der Waals surface area contributed by atoms with Crippen LogP contribution < -0.4 is 10.6 Å². The van der Waals surface area contributed by atoms with Gasteiger partial charge >= 0.3 is 6.09 Å². The minimum absolute atomic E-state index is 0.259. The number of carbonyl (C=O) groups excluding carboxylic acids is 3. The van der Waals surface area contributed by atoms with Crippen molar-refractivity contribution in [2.45, 2.75) is 57.3 Å². The Balaban J connectivity index is 1.70. The quantitative estimate of drug-likeness (QED) is 0.377. The Morgan fingerprint density at radius 3 is 2.36 bits per heavy atom. The van der Waals surface area contributed by atoms with Gasteiger partial charge in [-0.2, -0.15) is 0 Å². The molecule has 1 fully saturated rings. The lowest BCUT2D eigenvalue weighted by atomic mass is 9.97. The highest BCUT2D eigenvalue weighted by molar-refractivity contribution is 6.01. The van der Waals surface area contributed by atoms with Crippen LogP contribution in [-0.4, -0.2) is 52.2 Å². The Kier molecular flexibility index (Phi) is 8.22. The zero-order chi connectivity index (χ0) is 28.2. The molecule has 4 rings (SSSR count). The standard InChI is InChI=1S/C31H33N3O5/c1-5-20-10-8-9-13-25(20)27(28(36)32-23-15-14-21-11-6-7-12-22(21)18-23)34(24-16-17-24)29(37)26(19-35)33-30(38)39-31(2,3)4/h1,6-15,18,24,26-27,35H,16-17,19H2,2-4H3,(H,32,36)(H,33,38). The molecular weight excluding hydrogens is 494 g/mol. The van der Waals surface area contributed by atoms with Crippen LogP contribution in [0.5, 0.6) is 0 Å². The molecule has 8 heteroatoms. The number of nitrogens with one attached hydrogen (secondary N) is 2. The number of terminal acetylenes is 1. The van der Waals surface area contributed by atoms with E-state index in [1.165, 1.54) is 4.90 Å². The first kappa shape index (κ1) is 27.7. The molecule has 0 aromatic heterocycles. The van der Waals surface area contributed by atoms with Crippen molar-refractivity contribution >= 4 is 34.4 Å². The minimum atomic E-state index is -1.31. The smallest absolute Gasteiger partial charge is 0.408 e. The number of carbonyl (C=O) groups is 3. The lowest BCUT2D eigenvalue weighted by molar-refractivity contribution is -0.142. The second-order valence-electron chi connectivity index (χ2n) is 10.5. The summed E-state index contributed by atoms with van der Waals surface area (Å²) >= 11 is 0. The topological polar surface area (TPSA) is 108 Å². The highest BCUT2D eigenvalue weighted by atomic mass is 16.6. The fraction of sp³-hybridized carbons (Fsp3) is 0.323. The summed E-state index contributed by atoms with van der Waals surface area (Å²) in [5, 5.41) is 17.5. The molecule has 3 aromatic carbocycles. The summed E-state index contributed by atoms with van der Waals surface area (Å²) < 4.78 is 5.28. The maximum absolute atomic E-state index is 14.0. The Labute approximate surface area is 228 Å². The number of hydrogen-bond donors (Lipinski definition) is 3. The summed E-state index contributed by atoms with van der Waals surface area (Å²) in [7, 11) is 0. The molecule has 0 heterocycles. The van der Waals surface area contributed by atoms with Crippen molar-refractivity contribution in [1.82, 2.24) is 10.2 Å². The van der Waals surface area contributed by atoms with E-state index in [1.807, 2.05) is 36.4 Å². The number of hydrogen-bond acceptors (Lipinski definition) is 5. The Morgan fingerprint density at radius 2 is 1.72 bits per heavy atom. The average Bonchev–Trinajstić information content (AvgIpc) is 3.74. The van der Waals surface area contributed by atoms with E-state index in [0.29, 0.717) is 29.7 Å². The molecule has 8 nitrogen and oxygen atoms in total. The van der Waals surface area contributed by atoms with E-state index >= 15 is 0 Å². The van der Waals surface area contributed by atoms with Gasteiger partial charge in [0.25, 0.3) is 5.91 Å². The normalized spacial score (nSPS) is 14.5. The second kappa shape index (κ2) is 11.6. The van der Waals surface area contributed by atoms with Crippen molar-refractivity contribution in [3.63, 3.8) is 0 Å². The summed E-state index contributed by atoms with van der Waals surface area (Å²) in [6, 6.07) is 17.6. The van der Waals surface area contributed by atoms with Crippen LogP contribution in [0, 0.1) is 12.3 Å². The van der Waals surface area contributed by atoms with E-state index < -0.39 is 42.2 Å². The summed E-state index contributed by atoms with van der Waals surface area (Å²) in [5.41, 5.74) is 0.718. The monoisotopic (exact) mass is 527 g/mol. The van der Waals surface area contributed by atoms with E-state index in [2.05, 4.69) is 16.6 Å². The van der Waals surface area contributed by atoms with Crippen molar-refractivity contribution in [1.29, 1.82) is 0 Å². The largest absolute Gasteiger partial charge is 0.444 e. The predicted octanol–water partition coefficient (Wildman–Crippen LogP) is 4.38. The van der Waals surface area contributed by atoms with Gasteiger partial charge in [0.2, 0.25) is 5.91 Å². The number of aliphatic hydroxyl groups excluding tert-OH is 1. The maximum atomic E-state index is 14.0. The van der Waals surface area contributed by atoms with Crippen LogP contribution in [-0.2, 0) is 14.3 Å². The number of ether oxygens (including phenoxy) is 1. The molecular formula is C31H33N3O5. The van der Waals surface area contributed by atoms with Crippen LogP contribution in [0.25, 0.3) is 10.8 Å². The van der Waals surface area contributed by atoms with Gasteiger partial charge in [0.1, 0.15) is 17.7 Å². The van der Waals surface area contributed by atoms with Gasteiger partial charge in [-0.15, -0.1) is 6.42 Å². The number of rotatable bonds is 8. The van der Waals surface area contributed by atoms with Crippen LogP contribution in [0.2, 0.25) is 0 Å². The third kappa shape index (κ3) is 6.75. The van der Waals surface area contributed by atoms with Gasteiger partial charge in [-0.05, 0) is 68.1 Å². The molecule has 0 aliphatic heterocycles. The van der Waals surface area contributed by atoms with Crippen LogP contribution >= 0.6 is 0 Å². The molecule has 1 aliphatic rings. The average molecular weight is 528 g/mol. The SMILES string of the molecule is C#Cc1ccccc1C(C(=O)Nc1ccc2ccccc2c1)N(C(=O)C(CO)NC(=O)OC(C)(C)C)C1CC1. The molecule has 3 amide bonds. The number of anilines is 1. The molecule has 0 bridgehead atoms. The first-order valence-electron chi connectivity index (χ1n) is 12.9. The van der Waals surface area contributed by atoms with Gasteiger partial charge in [0.15, 0.2) is 0 Å². The summed E-state index contributed by atoms with van der Waals surface area (Å²) in [5.74, 6) is 1.56. The molecule has 1 saturated carbocycles. The molecule has 0 radical (unpaired) electrons. The maximum Gasteiger partial charge on any atom is 0.408 e. The molecule has 0 saturated heterocycles. The van der Waals surface area contributed by atoms with E-state index in [4.69, 9.17) is 11.2 Å². The van der Waals surface area contributed by atoms with E-state index in [1.54, 1.807) is 51.1 Å². The number of aliphatic hydroxyl groups is 1. The highest BCUT2D eigenvalue weighted by Gasteiger charge is 2.44. The van der Waals surface area contributed by atoms with Crippen molar-refractivity contribution in [3.8, 4) is 12.3 Å². The zero-order valence-corrected chi connectivity index (χ0v) is 22.3. The summed E-state index contributed by atoms with van der Waals surface area (Å²) in [6.45, 7) is 4.42. The lowest BCUT2D eigenvalue weighted by Gasteiger charge is -2.34. The molecule has 202 valence electrons. The van der Waals surface area contributed by atoms with Gasteiger partial charge in [0, 0.05) is 17.3 Å². The Bertz CT molecular complexity index is 1420. The van der Waals surface area contributed by atoms with Crippen LogP contribution in [0.4, 0.5) is 10.5 Å². The predicted molar refractivity (Wildman–Crippen MR) is 150 cm³/mol. The Hall–Kier alpha value is -4.35. The highest BCUT2D eigenvalue weighted by Crippen LogP contribution is 2.37.